The fourth-order valence-corrected chi connectivity index (χ4v) is 4.69. The van der Waals surface area contributed by atoms with Crippen LogP contribution in [0.5, 0.6) is 17.2 Å². The van der Waals surface area contributed by atoms with Gasteiger partial charge in [-0.1, -0.05) is 12.1 Å². The monoisotopic (exact) mass is 420 g/mol. The first-order valence-electron chi connectivity index (χ1n) is 9.15. The van der Waals surface area contributed by atoms with Gasteiger partial charge >= 0.3 is 22.4 Å². The molecule has 9 heteroatoms. The summed E-state index contributed by atoms with van der Waals surface area (Å²) in [6.07, 6.45) is 0.968. The Morgan fingerprint density at radius 3 is 2.62 bits per heavy atom. The highest BCUT2D eigenvalue weighted by atomic mass is 32.2. The van der Waals surface area contributed by atoms with Gasteiger partial charge in [-0.25, -0.2) is 8.98 Å². The second-order valence-electron chi connectivity index (χ2n) is 6.88. The minimum absolute atomic E-state index is 0.0435. The molecule has 154 valence electrons. The highest BCUT2D eigenvalue weighted by molar-refractivity contribution is 7.86. The molecular formula is C20H20O8S. The molecule has 4 rings (SSSR count). The van der Waals surface area contributed by atoms with Gasteiger partial charge < -0.3 is 19.3 Å². The van der Waals surface area contributed by atoms with Gasteiger partial charge in [-0.2, -0.15) is 8.42 Å². The third-order valence-electron chi connectivity index (χ3n) is 5.13. The van der Waals surface area contributed by atoms with E-state index in [0.29, 0.717) is 11.5 Å². The first-order valence-corrected chi connectivity index (χ1v) is 10.6. The normalized spacial score (nSPS) is 21.0. The Bertz CT molecular complexity index is 1020. The number of rotatable bonds is 7. The maximum Gasteiger partial charge on any atom is 0.375 e. The summed E-state index contributed by atoms with van der Waals surface area (Å²) < 4.78 is 46.2. The van der Waals surface area contributed by atoms with Crippen molar-refractivity contribution in [1.29, 1.82) is 0 Å². The molecule has 8 nitrogen and oxygen atoms in total. The predicted molar refractivity (Wildman–Crippen MR) is 101 cm³/mol. The third-order valence-corrected chi connectivity index (χ3v) is 6.41. The zero-order chi connectivity index (χ0) is 20.6. The summed E-state index contributed by atoms with van der Waals surface area (Å²) in [5, 5.41) is 9.46. The average Bonchev–Trinajstić information content (AvgIpc) is 3.29. The van der Waals surface area contributed by atoms with E-state index in [1.54, 1.807) is 12.1 Å². The van der Waals surface area contributed by atoms with Gasteiger partial charge in [0.15, 0.2) is 11.5 Å². The molecule has 0 amide bonds. The van der Waals surface area contributed by atoms with Gasteiger partial charge in [0.25, 0.3) is 0 Å². The molecule has 3 unspecified atom stereocenters. The number of fused-ring (bicyclic) bond motifs is 3. The Labute approximate surface area is 168 Å². The Hall–Kier alpha value is -2.78. The number of ether oxygens (including phenoxy) is 3. The summed E-state index contributed by atoms with van der Waals surface area (Å²) in [5.74, 6) is -0.260. The molecule has 1 N–H and O–H groups in total. The molecule has 0 saturated heterocycles. The lowest BCUT2D eigenvalue weighted by Gasteiger charge is -2.17. The quantitative estimate of drug-likeness (QED) is 0.538. The molecule has 2 aliphatic rings. The summed E-state index contributed by atoms with van der Waals surface area (Å²) >= 11 is 0. The molecule has 1 heterocycles. The number of hydrogen-bond acceptors (Lipinski definition) is 7. The van der Waals surface area contributed by atoms with Crippen LogP contribution in [0.4, 0.5) is 0 Å². The Balaban J connectivity index is 1.57. The number of carbonyl (C=O) groups is 1. The number of hydrogen-bond donors (Lipinski definition) is 1. The first kappa shape index (κ1) is 19.5. The van der Waals surface area contributed by atoms with Crippen LogP contribution >= 0.6 is 0 Å². The largest absolute Gasteiger partial charge is 0.497 e. The van der Waals surface area contributed by atoms with Crippen LogP contribution < -0.4 is 14.2 Å². The van der Waals surface area contributed by atoms with Gasteiger partial charge in [0, 0.05) is 11.5 Å². The van der Waals surface area contributed by atoms with Crippen molar-refractivity contribution in [1.82, 2.24) is 0 Å². The number of aliphatic carboxylic acids is 1. The lowest BCUT2D eigenvalue weighted by atomic mass is 9.97. The van der Waals surface area contributed by atoms with Crippen LogP contribution in [0.2, 0.25) is 0 Å². The standard InChI is InChI=1S/C20H20O8S/c1-25-12-8-10-13(11-9-12)29(23,24)28-20(19(21)22)27-17-7-3-5-15-14-4-2-6-16(14)26-18(15)17/h3,5,7-11,14,16,20H,2,4,6H2,1H3,(H,21,22). The van der Waals surface area contributed by atoms with Crippen molar-refractivity contribution in [2.75, 3.05) is 7.11 Å². The molecule has 1 aliphatic heterocycles. The van der Waals surface area contributed by atoms with Crippen molar-refractivity contribution >= 4 is 16.1 Å². The van der Waals surface area contributed by atoms with Crippen LogP contribution in [0.25, 0.3) is 0 Å². The minimum Gasteiger partial charge on any atom is -0.497 e. The maximum atomic E-state index is 12.5. The summed E-state index contributed by atoms with van der Waals surface area (Å²) in [6.45, 7) is 0. The Morgan fingerprint density at radius 1 is 1.17 bits per heavy atom. The Kier molecular flexibility index (Phi) is 5.10. The summed E-state index contributed by atoms with van der Waals surface area (Å²) in [5.41, 5.74) is 0.951. The molecule has 1 fully saturated rings. The fourth-order valence-electron chi connectivity index (χ4n) is 3.76. The maximum absolute atomic E-state index is 12.5. The zero-order valence-corrected chi connectivity index (χ0v) is 16.4. The van der Waals surface area contributed by atoms with Crippen molar-refractivity contribution < 1.29 is 36.7 Å². The number of benzene rings is 2. The Morgan fingerprint density at radius 2 is 1.93 bits per heavy atom. The molecule has 1 saturated carbocycles. The fraction of sp³-hybridized carbons (Fsp3) is 0.350. The van der Waals surface area contributed by atoms with E-state index < -0.39 is 22.4 Å². The van der Waals surface area contributed by atoms with Gasteiger partial charge in [0.1, 0.15) is 11.9 Å². The van der Waals surface area contributed by atoms with Gasteiger partial charge in [0.05, 0.1) is 12.0 Å². The highest BCUT2D eigenvalue weighted by Crippen LogP contribution is 2.50. The predicted octanol–water partition coefficient (Wildman–Crippen LogP) is 2.92. The molecule has 1 aliphatic carbocycles. The van der Waals surface area contributed by atoms with Crippen LogP contribution in [-0.2, 0) is 19.1 Å². The highest BCUT2D eigenvalue weighted by Gasteiger charge is 2.40. The number of carboxylic acid groups (broad SMARTS) is 1. The van der Waals surface area contributed by atoms with Crippen molar-refractivity contribution in [2.45, 2.75) is 42.5 Å². The zero-order valence-electron chi connectivity index (χ0n) is 15.6. The van der Waals surface area contributed by atoms with Crippen molar-refractivity contribution in [3.63, 3.8) is 0 Å². The van der Waals surface area contributed by atoms with E-state index >= 15 is 0 Å². The van der Waals surface area contributed by atoms with E-state index in [0.717, 1.165) is 24.8 Å². The van der Waals surface area contributed by atoms with Crippen molar-refractivity contribution in [3.05, 3.63) is 48.0 Å². The molecule has 2 aromatic rings. The molecule has 2 aromatic carbocycles. The molecule has 0 aromatic heterocycles. The van der Waals surface area contributed by atoms with Gasteiger partial charge in [-0.3, -0.25) is 0 Å². The summed E-state index contributed by atoms with van der Waals surface area (Å²) in [7, 11) is -2.93. The van der Waals surface area contributed by atoms with Crippen molar-refractivity contribution in [3.8, 4) is 17.2 Å². The van der Waals surface area contributed by atoms with Crippen molar-refractivity contribution in [2.24, 2.45) is 0 Å². The van der Waals surface area contributed by atoms with Crippen LogP contribution in [0, 0.1) is 0 Å². The molecule has 3 atom stereocenters. The van der Waals surface area contributed by atoms with E-state index in [9.17, 15) is 18.3 Å². The van der Waals surface area contributed by atoms with Gasteiger partial charge in [-0.15, -0.1) is 0 Å². The van der Waals surface area contributed by atoms with Gasteiger partial charge in [-0.05, 0) is 49.6 Å². The third kappa shape index (κ3) is 3.75. The van der Waals surface area contributed by atoms with E-state index in [-0.39, 0.29) is 22.7 Å². The molecular weight excluding hydrogens is 400 g/mol. The van der Waals surface area contributed by atoms with Crippen LogP contribution in [0.3, 0.4) is 0 Å². The second kappa shape index (κ2) is 7.57. The molecule has 0 spiro atoms. The molecule has 0 bridgehead atoms. The second-order valence-corrected chi connectivity index (χ2v) is 8.45. The van der Waals surface area contributed by atoms with E-state index in [1.807, 2.05) is 6.07 Å². The van der Waals surface area contributed by atoms with E-state index in [4.69, 9.17) is 18.4 Å². The van der Waals surface area contributed by atoms with Gasteiger partial charge in [0.2, 0.25) is 0 Å². The van der Waals surface area contributed by atoms with Crippen LogP contribution in [-0.4, -0.2) is 39.0 Å². The lowest BCUT2D eigenvalue weighted by Crippen LogP contribution is -2.32. The van der Waals surface area contributed by atoms with E-state index in [2.05, 4.69) is 0 Å². The SMILES string of the molecule is COc1ccc(S(=O)(=O)OC(Oc2cccc3c2OC2CCCC32)C(=O)O)cc1. The molecule has 29 heavy (non-hydrogen) atoms. The van der Waals surface area contributed by atoms with Crippen LogP contribution in [0.1, 0.15) is 30.7 Å². The molecule has 0 radical (unpaired) electrons. The average molecular weight is 420 g/mol. The van der Waals surface area contributed by atoms with E-state index in [1.165, 1.54) is 31.4 Å². The summed E-state index contributed by atoms with van der Waals surface area (Å²) in [6, 6.07) is 10.6. The number of carboxylic acids is 1. The summed E-state index contributed by atoms with van der Waals surface area (Å²) in [4.78, 5) is 11.4. The topological polar surface area (TPSA) is 108 Å². The smallest absolute Gasteiger partial charge is 0.375 e. The number of methoxy groups -OCH3 is 1. The minimum atomic E-state index is -4.38. The number of para-hydroxylation sites is 1. The lowest BCUT2D eigenvalue weighted by molar-refractivity contribution is -0.158. The first-order chi connectivity index (χ1) is 13.9. The van der Waals surface area contributed by atoms with Crippen LogP contribution in [0.15, 0.2) is 47.4 Å².